The van der Waals surface area contributed by atoms with Crippen LogP contribution in [-0.2, 0) is 16.7 Å². The van der Waals surface area contributed by atoms with Gasteiger partial charge in [-0.25, -0.2) is 4.79 Å². The smallest absolute Gasteiger partial charge is 0.339 e. The maximum atomic E-state index is 11.9. The first kappa shape index (κ1) is 19.7. The number of hydrogen-bond donors (Lipinski definition) is 2. The second-order valence-corrected chi connectivity index (χ2v) is 8.02. The Hall–Kier alpha value is -3.64. The molecule has 1 aliphatic rings. The first-order valence-electron chi connectivity index (χ1n) is 9.32. The fraction of sp³-hybridized carbons (Fsp3) is 0.0833. The minimum Gasteiger partial charge on any atom is -0.507 e. The zero-order chi connectivity index (χ0) is 21.3. The van der Waals surface area contributed by atoms with E-state index < -0.39 is 22.2 Å². The fourth-order valence-corrected chi connectivity index (χ4v) is 4.37. The number of aromatic hydroxyl groups is 1. The molecule has 0 fully saturated rings. The molecule has 0 unspecified atom stereocenters. The van der Waals surface area contributed by atoms with Crippen LogP contribution in [0.1, 0.15) is 44.1 Å². The quantitative estimate of drug-likeness (QED) is 0.495. The van der Waals surface area contributed by atoms with Crippen LogP contribution in [0.3, 0.4) is 0 Å². The summed E-state index contributed by atoms with van der Waals surface area (Å²) in [6.45, 7) is 0. The van der Waals surface area contributed by atoms with Crippen LogP contribution >= 0.6 is 0 Å². The summed E-state index contributed by atoms with van der Waals surface area (Å²) in [5, 5.41) is 20.7. The first-order valence-corrected chi connectivity index (χ1v) is 10.4. The molecule has 30 heavy (non-hydrogen) atoms. The predicted molar refractivity (Wildman–Crippen MR) is 116 cm³/mol. The second kappa shape index (κ2) is 8.00. The minimum absolute atomic E-state index is 0.0752. The molecule has 3 aromatic rings. The summed E-state index contributed by atoms with van der Waals surface area (Å²) >= 11 is 0. The van der Waals surface area contributed by atoms with Crippen LogP contribution in [0.4, 0.5) is 0 Å². The fourth-order valence-electron chi connectivity index (χ4n) is 3.92. The Balaban J connectivity index is 2.07. The Morgan fingerprint density at radius 1 is 0.900 bits per heavy atom. The maximum Gasteiger partial charge on any atom is 0.339 e. The van der Waals surface area contributed by atoms with Crippen molar-refractivity contribution in [3.63, 3.8) is 0 Å². The lowest BCUT2D eigenvalue weighted by molar-refractivity contribution is 0.0693. The first-order chi connectivity index (χ1) is 14.5. The second-order valence-electron chi connectivity index (χ2n) is 7.03. The van der Waals surface area contributed by atoms with E-state index in [0.29, 0.717) is 16.7 Å². The molecule has 0 atom stereocenters. The standard InChI is InChI=1S/C24H18O5S/c25-23-20(24(26)27)14-17-13-18(30(28)29)11-12-19(17)22(23)21(15-7-3-1-4-8-15)16-9-5-2-6-10-16/h1-12,14,21,25H,13H2,(H,26,27). The molecule has 0 radical (unpaired) electrons. The molecule has 3 aromatic carbocycles. The van der Waals surface area contributed by atoms with E-state index in [1.807, 2.05) is 60.7 Å². The van der Waals surface area contributed by atoms with E-state index in [-0.39, 0.29) is 22.6 Å². The molecule has 0 heterocycles. The van der Waals surface area contributed by atoms with E-state index in [9.17, 15) is 23.4 Å². The van der Waals surface area contributed by atoms with Crippen molar-refractivity contribution >= 4 is 27.2 Å². The van der Waals surface area contributed by atoms with Crippen LogP contribution in [0.5, 0.6) is 5.75 Å². The molecule has 0 saturated carbocycles. The Labute approximate surface area is 175 Å². The van der Waals surface area contributed by atoms with Crippen molar-refractivity contribution in [1.29, 1.82) is 0 Å². The largest absolute Gasteiger partial charge is 0.507 e. The monoisotopic (exact) mass is 418 g/mol. The van der Waals surface area contributed by atoms with Crippen LogP contribution in [0.15, 0.2) is 72.8 Å². The van der Waals surface area contributed by atoms with Gasteiger partial charge in [-0.05, 0) is 34.4 Å². The molecule has 0 aromatic heterocycles. The number of aromatic carboxylic acids is 1. The molecule has 4 rings (SSSR count). The van der Waals surface area contributed by atoms with Crippen LogP contribution in [0.2, 0.25) is 0 Å². The number of rotatable bonds is 4. The van der Waals surface area contributed by atoms with Crippen molar-refractivity contribution in [3.8, 4) is 5.75 Å². The Bertz CT molecular complexity index is 1240. The van der Waals surface area contributed by atoms with Crippen LogP contribution in [-0.4, -0.2) is 29.5 Å². The van der Waals surface area contributed by atoms with E-state index in [1.54, 1.807) is 6.08 Å². The average molecular weight is 418 g/mol. The van der Waals surface area contributed by atoms with Gasteiger partial charge in [-0.1, -0.05) is 66.7 Å². The Morgan fingerprint density at radius 3 is 1.97 bits per heavy atom. The van der Waals surface area contributed by atoms with Gasteiger partial charge >= 0.3 is 5.97 Å². The number of phenols is 1. The molecule has 0 saturated heterocycles. The van der Waals surface area contributed by atoms with Gasteiger partial charge in [0.1, 0.15) is 11.3 Å². The third-order valence-corrected chi connectivity index (χ3v) is 5.97. The van der Waals surface area contributed by atoms with Gasteiger partial charge in [-0.3, -0.25) is 0 Å². The summed E-state index contributed by atoms with van der Waals surface area (Å²) in [6.07, 6.45) is 3.22. The van der Waals surface area contributed by atoms with Gasteiger partial charge in [0.15, 0.2) is 0 Å². The van der Waals surface area contributed by atoms with Gasteiger partial charge in [-0.15, -0.1) is 0 Å². The summed E-state index contributed by atoms with van der Waals surface area (Å²) < 4.78 is 22.9. The number of benzene rings is 3. The van der Waals surface area contributed by atoms with Crippen molar-refractivity contribution < 1.29 is 23.4 Å². The molecular weight excluding hydrogens is 400 g/mol. The van der Waals surface area contributed by atoms with Gasteiger partial charge in [0.2, 0.25) is 10.3 Å². The predicted octanol–water partition coefficient (Wildman–Crippen LogP) is 3.89. The highest BCUT2D eigenvalue weighted by Gasteiger charge is 2.29. The summed E-state index contributed by atoms with van der Waals surface area (Å²) in [5.74, 6) is -2.00. The normalized spacial score (nSPS) is 12.6. The third-order valence-electron chi connectivity index (χ3n) is 5.26. The molecule has 6 heteroatoms. The summed E-state index contributed by atoms with van der Waals surface area (Å²) in [6, 6.07) is 20.4. The number of carboxylic acids is 1. The van der Waals surface area contributed by atoms with Crippen LogP contribution in [0, 0.1) is 0 Å². The van der Waals surface area contributed by atoms with E-state index in [1.165, 1.54) is 12.1 Å². The highest BCUT2D eigenvalue weighted by molar-refractivity contribution is 7.73. The van der Waals surface area contributed by atoms with Gasteiger partial charge in [0, 0.05) is 17.9 Å². The number of fused-ring (bicyclic) bond motifs is 1. The number of carbonyl (C=O) groups is 1. The molecule has 2 N–H and O–H groups in total. The highest BCUT2D eigenvalue weighted by atomic mass is 32.2. The van der Waals surface area contributed by atoms with Crippen molar-refractivity contribution in [2.75, 3.05) is 0 Å². The average Bonchev–Trinajstić information content (AvgIpc) is 2.76. The van der Waals surface area contributed by atoms with E-state index in [2.05, 4.69) is 0 Å². The lowest BCUT2D eigenvalue weighted by Gasteiger charge is -2.26. The SMILES string of the molecule is O=C(O)c1cc2c(c(C(c3ccccc3)c3ccccc3)c1O)C=CC(=S(=O)=O)C2. The molecule has 0 aliphatic heterocycles. The lowest BCUT2D eigenvalue weighted by atomic mass is 9.78. The lowest BCUT2D eigenvalue weighted by Crippen LogP contribution is -2.15. The van der Waals surface area contributed by atoms with Crippen molar-refractivity contribution in [1.82, 2.24) is 0 Å². The number of carboxylic acid groups (broad SMARTS) is 1. The van der Waals surface area contributed by atoms with E-state index >= 15 is 0 Å². The maximum absolute atomic E-state index is 11.9. The van der Waals surface area contributed by atoms with Gasteiger partial charge < -0.3 is 10.2 Å². The topological polar surface area (TPSA) is 91.7 Å². The highest BCUT2D eigenvalue weighted by Crippen LogP contribution is 2.43. The third kappa shape index (κ3) is 3.53. The molecule has 150 valence electrons. The summed E-state index contributed by atoms with van der Waals surface area (Å²) in [5.41, 5.74) is 3.18. The van der Waals surface area contributed by atoms with Gasteiger partial charge in [0.25, 0.3) is 0 Å². The zero-order valence-electron chi connectivity index (χ0n) is 15.8. The van der Waals surface area contributed by atoms with E-state index in [4.69, 9.17) is 0 Å². The molecule has 5 nitrogen and oxygen atoms in total. The minimum atomic E-state index is -2.40. The van der Waals surface area contributed by atoms with Gasteiger partial charge in [0.05, 0.1) is 4.86 Å². The number of hydrogen-bond acceptors (Lipinski definition) is 4. The van der Waals surface area contributed by atoms with Crippen LogP contribution in [0.25, 0.3) is 6.08 Å². The number of allylic oxidation sites excluding steroid dienone is 1. The molecule has 1 aliphatic carbocycles. The van der Waals surface area contributed by atoms with Crippen LogP contribution < -0.4 is 0 Å². The zero-order valence-corrected chi connectivity index (χ0v) is 16.6. The Morgan fingerprint density at radius 2 is 1.47 bits per heavy atom. The molecule has 0 bridgehead atoms. The Kier molecular flexibility index (Phi) is 5.25. The summed E-state index contributed by atoms with van der Waals surface area (Å²) in [4.78, 5) is 12.0. The molecular formula is C24H18O5S. The van der Waals surface area contributed by atoms with Crippen molar-refractivity contribution in [2.24, 2.45) is 0 Å². The van der Waals surface area contributed by atoms with E-state index in [0.717, 1.165) is 11.1 Å². The van der Waals surface area contributed by atoms with Gasteiger partial charge in [-0.2, -0.15) is 8.42 Å². The van der Waals surface area contributed by atoms with Crippen molar-refractivity contribution in [2.45, 2.75) is 12.3 Å². The summed E-state index contributed by atoms with van der Waals surface area (Å²) in [7, 11) is -2.40. The van der Waals surface area contributed by atoms with Crippen molar-refractivity contribution in [3.05, 3.63) is 106 Å². The molecule has 0 spiro atoms. The molecule has 0 amide bonds.